The van der Waals surface area contributed by atoms with Crippen molar-refractivity contribution in [3.8, 4) is 0 Å². The molecule has 102 valence electrons. The molecule has 2 N–H and O–H groups in total. The topological polar surface area (TPSA) is 32.3 Å². The van der Waals surface area contributed by atoms with Gasteiger partial charge in [0, 0.05) is 30.3 Å². The lowest BCUT2D eigenvalue weighted by atomic mass is 9.90. The smallest absolute Gasteiger partial charge is 0.0652 e. The van der Waals surface area contributed by atoms with Gasteiger partial charge in [0.15, 0.2) is 0 Å². The number of aliphatic hydroxyl groups is 1. The summed E-state index contributed by atoms with van der Waals surface area (Å²) in [6.45, 7) is 5.71. The summed E-state index contributed by atoms with van der Waals surface area (Å²) in [7, 11) is 0. The fourth-order valence-electron chi connectivity index (χ4n) is 1.65. The maximum Gasteiger partial charge on any atom is 0.0652 e. The van der Waals surface area contributed by atoms with E-state index in [1.165, 1.54) is 0 Å². The molecule has 0 aliphatic rings. The van der Waals surface area contributed by atoms with E-state index < -0.39 is 0 Å². The first-order valence-electron chi connectivity index (χ1n) is 5.81. The molecule has 1 aromatic rings. The second-order valence-corrected chi connectivity index (χ2v) is 6.26. The predicted molar refractivity (Wildman–Crippen MR) is 78.7 cm³/mol. The zero-order valence-corrected chi connectivity index (χ0v) is 12.8. The molecular formula is C13H18Cl3NO. The van der Waals surface area contributed by atoms with Crippen LogP contribution in [0.25, 0.3) is 0 Å². The van der Waals surface area contributed by atoms with Gasteiger partial charge in [0.2, 0.25) is 0 Å². The summed E-state index contributed by atoms with van der Waals surface area (Å²) >= 11 is 18.2. The van der Waals surface area contributed by atoms with E-state index in [-0.39, 0.29) is 12.0 Å². The zero-order valence-electron chi connectivity index (χ0n) is 10.6. The highest BCUT2D eigenvalue weighted by Gasteiger charge is 2.17. The second-order valence-electron chi connectivity index (χ2n) is 5.06. The van der Waals surface area contributed by atoms with Crippen LogP contribution in [0.1, 0.15) is 25.8 Å². The normalized spacial score (nSPS) is 11.9. The molecule has 18 heavy (non-hydrogen) atoms. The molecule has 0 amide bonds. The highest BCUT2D eigenvalue weighted by Crippen LogP contribution is 2.31. The molecule has 0 aliphatic carbocycles. The number of rotatable bonds is 6. The zero-order chi connectivity index (χ0) is 13.8. The van der Waals surface area contributed by atoms with Crippen molar-refractivity contribution in [3.63, 3.8) is 0 Å². The summed E-state index contributed by atoms with van der Waals surface area (Å²) in [4.78, 5) is 0. The fourth-order valence-corrected chi connectivity index (χ4v) is 2.33. The van der Waals surface area contributed by atoms with Gasteiger partial charge in [-0.2, -0.15) is 0 Å². The summed E-state index contributed by atoms with van der Waals surface area (Å²) in [5.41, 5.74) is 0.845. The summed E-state index contributed by atoms with van der Waals surface area (Å²) in [6.07, 6.45) is 0.747. The van der Waals surface area contributed by atoms with Gasteiger partial charge >= 0.3 is 0 Å². The lowest BCUT2D eigenvalue weighted by Gasteiger charge is -2.24. The molecule has 1 aromatic carbocycles. The number of aliphatic hydroxyl groups excluding tert-OH is 1. The van der Waals surface area contributed by atoms with Crippen LogP contribution in [0.5, 0.6) is 0 Å². The Bertz CT molecular complexity index is 407. The van der Waals surface area contributed by atoms with Crippen molar-refractivity contribution in [2.75, 3.05) is 13.2 Å². The Balaban J connectivity index is 2.62. The molecule has 0 radical (unpaired) electrons. The van der Waals surface area contributed by atoms with Gasteiger partial charge in [-0.15, -0.1) is 0 Å². The molecule has 0 heterocycles. The molecular weight excluding hydrogens is 293 g/mol. The van der Waals surface area contributed by atoms with Crippen molar-refractivity contribution in [2.45, 2.75) is 26.8 Å². The van der Waals surface area contributed by atoms with E-state index in [1.54, 1.807) is 12.1 Å². The Morgan fingerprint density at radius 1 is 1.17 bits per heavy atom. The van der Waals surface area contributed by atoms with Crippen molar-refractivity contribution >= 4 is 34.8 Å². The largest absolute Gasteiger partial charge is 0.396 e. The molecule has 0 bridgehead atoms. The van der Waals surface area contributed by atoms with Gasteiger partial charge in [-0.25, -0.2) is 0 Å². The van der Waals surface area contributed by atoms with E-state index in [1.807, 2.05) is 0 Å². The van der Waals surface area contributed by atoms with Gasteiger partial charge in [0.25, 0.3) is 0 Å². The summed E-state index contributed by atoms with van der Waals surface area (Å²) < 4.78 is 0. The first-order chi connectivity index (χ1) is 8.37. The molecule has 5 heteroatoms. The van der Waals surface area contributed by atoms with Crippen LogP contribution in [0.3, 0.4) is 0 Å². The van der Waals surface area contributed by atoms with E-state index >= 15 is 0 Å². The number of hydrogen-bond donors (Lipinski definition) is 2. The molecule has 0 fully saturated rings. The molecule has 0 saturated heterocycles. The van der Waals surface area contributed by atoms with Gasteiger partial charge in [0.1, 0.15) is 0 Å². The minimum Gasteiger partial charge on any atom is -0.396 e. The number of hydrogen-bond acceptors (Lipinski definition) is 2. The Hall–Kier alpha value is 0.01000. The molecule has 2 nitrogen and oxygen atoms in total. The van der Waals surface area contributed by atoms with Crippen LogP contribution < -0.4 is 5.32 Å². The van der Waals surface area contributed by atoms with Gasteiger partial charge < -0.3 is 10.4 Å². The van der Waals surface area contributed by atoms with Crippen LogP contribution in [0, 0.1) is 5.41 Å². The molecule has 0 spiro atoms. The average molecular weight is 311 g/mol. The third-order valence-electron chi connectivity index (χ3n) is 2.83. The Morgan fingerprint density at radius 2 is 1.78 bits per heavy atom. The Kier molecular flexibility index (Phi) is 6.22. The van der Waals surface area contributed by atoms with Crippen molar-refractivity contribution < 1.29 is 5.11 Å². The SMILES string of the molecule is CC(C)(CCO)CNCc1c(Cl)ccc(Cl)c1Cl. The molecule has 0 atom stereocenters. The van der Waals surface area contributed by atoms with E-state index in [0.717, 1.165) is 18.5 Å². The van der Waals surface area contributed by atoms with Crippen LogP contribution in [0.2, 0.25) is 15.1 Å². The van der Waals surface area contributed by atoms with Crippen molar-refractivity contribution in [1.82, 2.24) is 5.32 Å². The molecule has 0 aromatic heterocycles. The highest BCUT2D eigenvalue weighted by molar-refractivity contribution is 6.44. The first kappa shape index (κ1) is 16.1. The summed E-state index contributed by atoms with van der Waals surface area (Å²) in [6, 6.07) is 3.43. The van der Waals surface area contributed by atoms with Gasteiger partial charge in [0.05, 0.1) is 10.0 Å². The quantitative estimate of drug-likeness (QED) is 0.774. The number of nitrogens with one attached hydrogen (secondary N) is 1. The van der Waals surface area contributed by atoms with Crippen LogP contribution in [0.4, 0.5) is 0 Å². The van der Waals surface area contributed by atoms with Crippen molar-refractivity contribution in [1.29, 1.82) is 0 Å². The molecule has 0 aliphatic heterocycles. The second kappa shape index (κ2) is 6.97. The lowest BCUT2D eigenvalue weighted by molar-refractivity contribution is 0.207. The molecule has 0 unspecified atom stereocenters. The van der Waals surface area contributed by atoms with E-state index in [2.05, 4.69) is 19.2 Å². The van der Waals surface area contributed by atoms with Crippen molar-refractivity contribution in [3.05, 3.63) is 32.8 Å². The van der Waals surface area contributed by atoms with Gasteiger partial charge in [-0.05, 0) is 24.0 Å². The van der Waals surface area contributed by atoms with Crippen LogP contribution in [-0.2, 0) is 6.54 Å². The van der Waals surface area contributed by atoms with Crippen LogP contribution in [-0.4, -0.2) is 18.3 Å². The maximum absolute atomic E-state index is 8.96. The van der Waals surface area contributed by atoms with Crippen molar-refractivity contribution in [2.24, 2.45) is 5.41 Å². The number of halogens is 3. The van der Waals surface area contributed by atoms with Gasteiger partial charge in [-0.3, -0.25) is 0 Å². The average Bonchev–Trinajstić information content (AvgIpc) is 2.28. The van der Waals surface area contributed by atoms with Crippen LogP contribution in [0.15, 0.2) is 12.1 Å². The number of benzene rings is 1. The summed E-state index contributed by atoms with van der Waals surface area (Å²) in [5.74, 6) is 0. The molecule has 1 rings (SSSR count). The standard InChI is InChI=1S/C13H18Cl3NO/c1-13(2,5-6-18)8-17-7-9-10(14)3-4-11(15)12(9)16/h3-4,17-18H,5-8H2,1-2H3. The van der Waals surface area contributed by atoms with E-state index in [0.29, 0.717) is 21.6 Å². The van der Waals surface area contributed by atoms with E-state index in [4.69, 9.17) is 39.9 Å². The molecule has 0 saturated carbocycles. The predicted octanol–water partition coefficient (Wildman–Crippen LogP) is 4.15. The Labute approximate surface area is 123 Å². The fraction of sp³-hybridized carbons (Fsp3) is 0.538. The van der Waals surface area contributed by atoms with Crippen LogP contribution >= 0.6 is 34.8 Å². The monoisotopic (exact) mass is 309 g/mol. The lowest BCUT2D eigenvalue weighted by Crippen LogP contribution is -2.30. The van der Waals surface area contributed by atoms with E-state index in [9.17, 15) is 0 Å². The minimum atomic E-state index is 0.0340. The summed E-state index contributed by atoms with van der Waals surface area (Å²) in [5, 5.41) is 13.9. The third-order valence-corrected chi connectivity index (χ3v) is 4.03. The maximum atomic E-state index is 8.96. The first-order valence-corrected chi connectivity index (χ1v) is 6.95. The highest BCUT2D eigenvalue weighted by atomic mass is 35.5. The Morgan fingerprint density at radius 3 is 2.39 bits per heavy atom. The third kappa shape index (κ3) is 4.60. The van der Waals surface area contributed by atoms with Gasteiger partial charge in [-0.1, -0.05) is 48.7 Å². The minimum absolute atomic E-state index is 0.0340.